The molecule has 0 fully saturated rings. The molecule has 0 aromatic heterocycles. The summed E-state index contributed by atoms with van der Waals surface area (Å²) >= 11 is 0. The predicted octanol–water partition coefficient (Wildman–Crippen LogP) is 1.90. The van der Waals surface area contributed by atoms with E-state index in [1.165, 1.54) is 13.0 Å². The van der Waals surface area contributed by atoms with Crippen LogP contribution in [0, 0.1) is 0 Å². The first-order valence-corrected chi connectivity index (χ1v) is 5.36. The Morgan fingerprint density at radius 1 is 1.16 bits per heavy atom. The van der Waals surface area contributed by atoms with Gasteiger partial charge in [-0.1, -0.05) is 32.4 Å². The van der Waals surface area contributed by atoms with Crippen molar-refractivity contribution in [1.82, 2.24) is 0 Å². The first kappa shape index (κ1) is 19.2. The molecule has 0 aliphatic carbocycles. The second-order valence-corrected chi connectivity index (χ2v) is 3.48. The van der Waals surface area contributed by atoms with E-state index in [2.05, 4.69) is 35.8 Å². The molecule has 1 unspecified atom stereocenters. The molecular weight excluding hydrogens is 248 g/mol. The molecule has 0 aliphatic rings. The van der Waals surface area contributed by atoms with Crippen molar-refractivity contribution in [2.45, 2.75) is 20.1 Å². The first-order valence-electron chi connectivity index (χ1n) is 5.36. The molecule has 1 atom stereocenters. The van der Waals surface area contributed by atoms with Crippen LogP contribution in [0.5, 0.6) is 0 Å². The van der Waals surface area contributed by atoms with Crippen molar-refractivity contribution in [2.24, 2.45) is 0 Å². The molecule has 5 nitrogen and oxygen atoms in total. The summed E-state index contributed by atoms with van der Waals surface area (Å²) in [7, 11) is 0. The van der Waals surface area contributed by atoms with Gasteiger partial charge >= 0.3 is 11.9 Å². The van der Waals surface area contributed by atoms with E-state index in [0.717, 1.165) is 6.08 Å². The van der Waals surface area contributed by atoms with Gasteiger partial charge in [0.1, 0.15) is 6.61 Å². The molecule has 0 rings (SSSR count). The summed E-state index contributed by atoms with van der Waals surface area (Å²) < 4.78 is 8.96. The van der Waals surface area contributed by atoms with Crippen LogP contribution in [-0.4, -0.2) is 29.9 Å². The lowest BCUT2D eigenvalue weighted by molar-refractivity contribution is -0.155. The third kappa shape index (κ3) is 12.1. The molecular formula is C14H20O5. The number of esters is 2. The van der Waals surface area contributed by atoms with Gasteiger partial charge in [-0.15, -0.1) is 0 Å². The van der Waals surface area contributed by atoms with E-state index < -0.39 is 12.3 Å². The Morgan fingerprint density at radius 2 is 1.63 bits per heavy atom. The summed E-state index contributed by atoms with van der Waals surface area (Å²) in [5.74, 6) is -0.984. The van der Waals surface area contributed by atoms with Gasteiger partial charge < -0.3 is 14.6 Å². The summed E-state index contributed by atoms with van der Waals surface area (Å²) in [4.78, 5) is 21.1. The zero-order chi connectivity index (χ0) is 15.4. The van der Waals surface area contributed by atoms with Gasteiger partial charge in [0.05, 0.1) is 0 Å². The van der Waals surface area contributed by atoms with Crippen LogP contribution in [0.25, 0.3) is 0 Å². The van der Waals surface area contributed by atoms with E-state index in [4.69, 9.17) is 5.11 Å². The highest BCUT2D eigenvalue weighted by molar-refractivity contribution is 5.87. The van der Waals surface area contributed by atoms with Crippen LogP contribution < -0.4 is 0 Å². The lowest BCUT2D eigenvalue weighted by Crippen LogP contribution is -2.14. The molecule has 0 spiro atoms. The topological polar surface area (TPSA) is 72.8 Å². The van der Waals surface area contributed by atoms with Crippen LogP contribution in [0.4, 0.5) is 0 Å². The Kier molecular flexibility index (Phi) is 11.1. The fraction of sp³-hybridized carbons (Fsp3) is 0.286. The van der Waals surface area contributed by atoms with Crippen LogP contribution in [0.2, 0.25) is 0 Å². The average Bonchev–Trinajstić information content (AvgIpc) is 2.35. The number of carbonyl (C=O) groups is 2. The van der Waals surface area contributed by atoms with Crippen LogP contribution in [0.1, 0.15) is 13.8 Å². The van der Waals surface area contributed by atoms with E-state index in [9.17, 15) is 9.59 Å². The summed E-state index contributed by atoms with van der Waals surface area (Å²) in [6.45, 7) is 16.7. The summed E-state index contributed by atoms with van der Waals surface area (Å²) in [5.41, 5.74) is 0.665. The molecule has 0 aromatic rings. The van der Waals surface area contributed by atoms with Crippen LogP contribution in [-0.2, 0) is 19.1 Å². The molecule has 1 N–H and O–H groups in total. The molecule has 5 heteroatoms. The molecule has 0 saturated carbocycles. The second kappa shape index (κ2) is 11.0. The van der Waals surface area contributed by atoms with Gasteiger partial charge in [0, 0.05) is 11.1 Å². The summed E-state index contributed by atoms with van der Waals surface area (Å²) in [6.07, 6.45) is 1.39. The number of rotatable bonds is 6. The average molecular weight is 268 g/mol. The standard InChI is InChI=1S/C7H10O3.C7H10O2/c1-4-6(8)10-7(9)5(2)3;1-4-5-9-7(8)6(2)3/h4,6,8H,1-2H2,3H3;4H,1-2,5H2,3H3. The van der Waals surface area contributed by atoms with Crippen molar-refractivity contribution in [3.63, 3.8) is 0 Å². The van der Waals surface area contributed by atoms with Crippen molar-refractivity contribution in [3.8, 4) is 0 Å². The fourth-order valence-corrected chi connectivity index (χ4v) is 0.516. The maximum Gasteiger partial charge on any atom is 0.335 e. The maximum atomic E-state index is 10.6. The Bertz CT molecular complexity index is 368. The highest BCUT2D eigenvalue weighted by atomic mass is 16.6. The van der Waals surface area contributed by atoms with Crippen molar-refractivity contribution in [1.29, 1.82) is 0 Å². The monoisotopic (exact) mass is 268 g/mol. The molecule has 19 heavy (non-hydrogen) atoms. The van der Waals surface area contributed by atoms with Gasteiger partial charge in [-0.3, -0.25) is 0 Å². The highest BCUT2D eigenvalue weighted by Gasteiger charge is 2.06. The van der Waals surface area contributed by atoms with Crippen molar-refractivity contribution in [3.05, 3.63) is 49.6 Å². The van der Waals surface area contributed by atoms with Gasteiger partial charge in [-0.25, -0.2) is 9.59 Å². The lowest BCUT2D eigenvalue weighted by atomic mass is 10.4. The summed E-state index contributed by atoms with van der Waals surface area (Å²) in [5, 5.41) is 8.68. The number of aliphatic hydroxyl groups excluding tert-OH is 1. The van der Waals surface area contributed by atoms with Crippen molar-refractivity contribution < 1.29 is 24.2 Å². The summed E-state index contributed by atoms with van der Waals surface area (Å²) in [6, 6.07) is 0. The Labute approximate surface area is 113 Å². The lowest BCUT2D eigenvalue weighted by Gasteiger charge is -2.05. The van der Waals surface area contributed by atoms with E-state index in [1.54, 1.807) is 6.92 Å². The largest absolute Gasteiger partial charge is 0.458 e. The van der Waals surface area contributed by atoms with Crippen molar-refractivity contribution >= 4 is 11.9 Å². The Balaban J connectivity index is 0. The van der Waals surface area contributed by atoms with E-state index in [1.807, 2.05) is 0 Å². The molecule has 106 valence electrons. The number of carbonyl (C=O) groups excluding carboxylic acids is 2. The Morgan fingerprint density at radius 3 is 1.95 bits per heavy atom. The molecule has 0 aliphatic heterocycles. The van der Waals surface area contributed by atoms with E-state index >= 15 is 0 Å². The smallest absolute Gasteiger partial charge is 0.335 e. The minimum atomic E-state index is -1.23. The van der Waals surface area contributed by atoms with Crippen molar-refractivity contribution in [2.75, 3.05) is 6.61 Å². The third-order valence-electron chi connectivity index (χ3n) is 1.46. The maximum absolute atomic E-state index is 10.6. The van der Waals surface area contributed by atoms with Crippen LogP contribution >= 0.6 is 0 Å². The normalized spacial score (nSPS) is 10.1. The number of ether oxygens (including phenoxy) is 2. The minimum Gasteiger partial charge on any atom is -0.458 e. The Hall–Kier alpha value is -2.14. The molecule has 0 saturated heterocycles. The molecule has 0 heterocycles. The quantitative estimate of drug-likeness (QED) is 0.345. The van der Waals surface area contributed by atoms with Gasteiger partial charge in [-0.05, 0) is 19.9 Å². The third-order valence-corrected chi connectivity index (χ3v) is 1.46. The molecule has 0 amide bonds. The highest BCUT2D eigenvalue weighted by Crippen LogP contribution is 1.95. The zero-order valence-corrected chi connectivity index (χ0v) is 11.3. The van der Waals surface area contributed by atoms with Crippen LogP contribution in [0.3, 0.4) is 0 Å². The second-order valence-electron chi connectivity index (χ2n) is 3.48. The molecule has 0 aromatic carbocycles. The number of aliphatic hydroxyl groups is 1. The van der Waals surface area contributed by atoms with Gasteiger partial charge in [0.2, 0.25) is 6.29 Å². The molecule has 0 bridgehead atoms. The first-order chi connectivity index (χ1) is 8.76. The van der Waals surface area contributed by atoms with E-state index in [0.29, 0.717) is 5.57 Å². The number of hydrogen-bond acceptors (Lipinski definition) is 5. The predicted molar refractivity (Wildman–Crippen MR) is 73.1 cm³/mol. The van der Waals surface area contributed by atoms with Gasteiger partial charge in [0.15, 0.2) is 0 Å². The zero-order valence-electron chi connectivity index (χ0n) is 11.3. The number of hydrogen-bond donors (Lipinski definition) is 1. The fourth-order valence-electron chi connectivity index (χ4n) is 0.516. The van der Waals surface area contributed by atoms with Gasteiger partial charge in [0.25, 0.3) is 0 Å². The SMILES string of the molecule is C=CC(O)OC(=O)C(=C)C.C=CCOC(=O)C(=C)C. The van der Waals surface area contributed by atoms with E-state index in [-0.39, 0.29) is 18.1 Å². The van der Waals surface area contributed by atoms with Crippen LogP contribution in [0.15, 0.2) is 49.6 Å². The minimum absolute atomic E-state index is 0.251. The van der Waals surface area contributed by atoms with Gasteiger partial charge in [-0.2, -0.15) is 0 Å². The molecule has 0 radical (unpaired) electrons.